The van der Waals surface area contributed by atoms with Gasteiger partial charge in [0, 0.05) is 0 Å². The van der Waals surface area contributed by atoms with Gasteiger partial charge in [-0.2, -0.15) is 0 Å². The molecular weight excluding hydrogens is 418 g/mol. The first-order chi connectivity index (χ1) is 15.0. The molecule has 0 heterocycles. The number of nitrogens with one attached hydrogen (secondary N) is 3. The summed E-state index contributed by atoms with van der Waals surface area (Å²) in [5.74, 6) is -3.25. The lowest BCUT2D eigenvalue weighted by atomic mass is 9.97. The van der Waals surface area contributed by atoms with Crippen LogP contribution in [-0.4, -0.2) is 71.2 Å². The van der Waals surface area contributed by atoms with Crippen LogP contribution in [0.3, 0.4) is 0 Å². The van der Waals surface area contributed by atoms with Crippen LogP contribution in [0.15, 0.2) is 0 Å². The third-order valence-electron chi connectivity index (χ3n) is 5.23. The maximum atomic E-state index is 13.0. The van der Waals surface area contributed by atoms with E-state index in [9.17, 15) is 24.3 Å². The van der Waals surface area contributed by atoms with Gasteiger partial charge in [0.05, 0.1) is 6.61 Å². The molecule has 0 spiro atoms. The van der Waals surface area contributed by atoms with Crippen LogP contribution in [0.4, 0.5) is 0 Å². The average Bonchev–Trinajstić information content (AvgIpc) is 2.74. The summed E-state index contributed by atoms with van der Waals surface area (Å²) in [6.07, 6.45) is 2.25. The molecule has 3 amide bonds. The Labute approximate surface area is 190 Å². The van der Waals surface area contributed by atoms with Crippen molar-refractivity contribution in [2.24, 2.45) is 23.3 Å². The first kappa shape index (κ1) is 29.8. The molecule has 11 heteroatoms. The molecule has 0 aliphatic rings. The number of rotatable bonds is 16. The van der Waals surface area contributed by atoms with Crippen LogP contribution >= 0.6 is 0 Å². The molecule has 9 N–H and O–H groups in total. The van der Waals surface area contributed by atoms with Crippen LogP contribution in [0, 0.1) is 11.8 Å². The number of nitrogens with two attached hydrogens (primary N) is 2. The third-order valence-corrected chi connectivity index (χ3v) is 5.23. The van der Waals surface area contributed by atoms with Gasteiger partial charge < -0.3 is 37.6 Å². The summed E-state index contributed by atoms with van der Waals surface area (Å²) in [4.78, 5) is 49.5. The zero-order valence-electron chi connectivity index (χ0n) is 19.6. The van der Waals surface area contributed by atoms with Crippen molar-refractivity contribution in [3.8, 4) is 0 Å². The van der Waals surface area contributed by atoms with Crippen molar-refractivity contribution in [3.63, 3.8) is 0 Å². The number of hydrogen-bond donors (Lipinski definition) is 7. The first-order valence-corrected chi connectivity index (χ1v) is 11.2. The van der Waals surface area contributed by atoms with Gasteiger partial charge in [-0.25, -0.2) is 4.79 Å². The Morgan fingerprint density at radius 3 is 1.97 bits per heavy atom. The number of carboxylic acid groups (broad SMARTS) is 1. The molecule has 0 aromatic heterocycles. The lowest BCUT2D eigenvalue weighted by Gasteiger charge is -2.28. The van der Waals surface area contributed by atoms with Crippen LogP contribution in [0.2, 0.25) is 0 Å². The van der Waals surface area contributed by atoms with Gasteiger partial charge in [-0.3, -0.25) is 14.4 Å². The van der Waals surface area contributed by atoms with Crippen molar-refractivity contribution in [1.82, 2.24) is 16.0 Å². The number of aliphatic hydroxyl groups is 1. The predicted molar refractivity (Wildman–Crippen MR) is 120 cm³/mol. The van der Waals surface area contributed by atoms with Crippen molar-refractivity contribution in [2.75, 3.05) is 13.2 Å². The summed E-state index contributed by atoms with van der Waals surface area (Å²) in [7, 11) is 0. The number of hydrogen-bond acceptors (Lipinski definition) is 7. The number of aliphatic carboxylic acids is 1. The number of carbonyl (C=O) groups is 4. The highest BCUT2D eigenvalue weighted by molar-refractivity contribution is 5.94. The van der Waals surface area contributed by atoms with E-state index < -0.39 is 54.5 Å². The van der Waals surface area contributed by atoms with Crippen LogP contribution in [-0.2, 0) is 19.2 Å². The molecule has 5 unspecified atom stereocenters. The molecule has 0 rings (SSSR count). The predicted octanol–water partition coefficient (Wildman–Crippen LogP) is -0.934. The molecule has 11 nitrogen and oxygen atoms in total. The van der Waals surface area contributed by atoms with Crippen LogP contribution in [0.5, 0.6) is 0 Å². The van der Waals surface area contributed by atoms with E-state index in [1.54, 1.807) is 6.92 Å². The summed E-state index contributed by atoms with van der Waals surface area (Å²) in [6.45, 7) is 7.15. The molecule has 186 valence electrons. The van der Waals surface area contributed by atoms with E-state index in [-0.39, 0.29) is 24.7 Å². The Bertz CT molecular complexity index is 615. The molecule has 0 radical (unpaired) electrons. The van der Waals surface area contributed by atoms with Gasteiger partial charge in [-0.05, 0) is 44.1 Å². The molecule has 5 atom stereocenters. The van der Waals surface area contributed by atoms with Gasteiger partial charge in [0.1, 0.15) is 24.2 Å². The molecule has 0 saturated heterocycles. The molecule has 0 bridgehead atoms. The number of unbranched alkanes of at least 4 members (excludes halogenated alkanes) is 1. The van der Waals surface area contributed by atoms with E-state index in [2.05, 4.69) is 16.0 Å². The third kappa shape index (κ3) is 10.9. The van der Waals surface area contributed by atoms with Crippen molar-refractivity contribution in [3.05, 3.63) is 0 Å². The molecule has 0 aliphatic carbocycles. The molecular formula is C21H41N5O6. The molecule has 32 heavy (non-hydrogen) atoms. The Morgan fingerprint density at radius 1 is 0.906 bits per heavy atom. The smallest absolute Gasteiger partial charge is 0.326 e. The molecule has 0 aliphatic heterocycles. The highest BCUT2D eigenvalue weighted by Crippen LogP contribution is 2.11. The highest BCUT2D eigenvalue weighted by Gasteiger charge is 2.32. The van der Waals surface area contributed by atoms with Gasteiger partial charge in [0.2, 0.25) is 17.7 Å². The Hall–Kier alpha value is -2.24. The number of carboxylic acids is 1. The minimum Gasteiger partial charge on any atom is -0.480 e. The van der Waals surface area contributed by atoms with Crippen LogP contribution in [0.1, 0.15) is 59.8 Å². The lowest BCUT2D eigenvalue weighted by molar-refractivity contribution is -0.143. The zero-order valence-corrected chi connectivity index (χ0v) is 19.6. The minimum atomic E-state index is -1.18. The number of carbonyl (C=O) groups excluding carboxylic acids is 3. The van der Waals surface area contributed by atoms with E-state index in [1.807, 2.05) is 20.8 Å². The SMILES string of the molecule is CCC(C)C(NC(=O)C(N)CO)C(=O)NC(CCCCN)C(=O)NC(CC(C)C)C(=O)O. The second kappa shape index (κ2) is 15.5. The van der Waals surface area contributed by atoms with Gasteiger partial charge in [-0.1, -0.05) is 34.1 Å². The quantitative estimate of drug-likeness (QED) is 0.144. The fourth-order valence-corrected chi connectivity index (χ4v) is 3.03. The van der Waals surface area contributed by atoms with E-state index in [4.69, 9.17) is 16.6 Å². The Balaban J connectivity index is 5.51. The van der Waals surface area contributed by atoms with Crippen LogP contribution in [0.25, 0.3) is 0 Å². The lowest BCUT2D eigenvalue weighted by Crippen LogP contribution is -2.59. The maximum Gasteiger partial charge on any atom is 0.326 e. The Kier molecular flexibility index (Phi) is 14.5. The van der Waals surface area contributed by atoms with Crippen molar-refractivity contribution >= 4 is 23.7 Å². The molecule has 0 saturated carbocycles. The zero-order chi connectivity index (χ0) is 24.8. The number of aliphatic hydroxyl groups excluding tert-OH is 1. The van der Waals surface area contributed by atoms with Gasteiger partial charge in [0.15, 0.2) is 0 Å². The van der Waals surface area contributed by atoms with Crippen molar-refractivity contribution in [1.29, 1.82) is 0 Å². The van der Waals surface area contributed by atoms with Gasteiger partial charge in [0.25, 0.3) is 0 Å². The summed E-state index contributed by atoms with van der Waals surface area (Å²) in [6, 6.07) is -4.21. The topological polar surface area (TPSA) is 197 Å². The summed E-state index contributed by atoms with van der Waals surface area (Å²) in [5.41, 5.74) is 11.1. The van der Waals surface area contributed by atoms with E-state index in [1.165, 1.54) is 0 Å². The van der Waals surface area contributed by atoms with Gasteiger partial charge in [-0.15, -0.1) is 0 Å². The standard InChI is InChI=1S/C21H41N5O6/c1-5-13(4)17(26-18(28)14(23)11-27)20(30)24-15(8-6-7-9-22)19(29)25-16(21(31)32)10-12(2)3/h12-17,27H,5-11,22-23H2,1-4H3,(H,24,30)(H,25,29)(H,26,28)(H,31,32). The first-order valence-electron chi connectivity index (χ1n) is 11.2. The van der Waals surface area contributed by atoms with E-state index in [0.29, 0.717) is 25.8 Å². The maximum absolute atomic E-state index is 13.0. The number of amides is 3. The minimum absolute atomic E-state index is 0.0439. The highest BCUT2D eigenvalue weighted by atomic mass is 16.4. The Morgan fingerprint density at radius 2 is 1.50 bits per heavy atom. The van der Waals surface area contributed by atoms with Crippen molar-refractivity contribution in [2.45, 2.75) is 84.0 Å². The normalized spacial score (nSPS) is 15.9. The largest absolute Gasteiger partial charge is 0.480 e. The van der Waals surface area contributed by atoms with E-state index in [0.717, 1.165) is 0 Å². The van der Waals surface area contributed by atoms with Crippen LogP contribution < -0.4 is 27.4 Å². The fraction of sp³-hybridized carbons (Fsp3) is 0.810. The molecule has 0 fully saturated rings. The molecule has 0 aromatic carbocycles. The monoisotopic (exact) mass is 459 g/mol. The summed E-state index contributed by atoms with van der Waals surface area (Å²) >= 11 is 0. The molecule has 0 aromatic rings. The average molecular weight is 460 g/mol. The van der Waals surface area contributed by atoms with Gasteiger partial charge >= 0.3 is 5.97 Å². The van der Waals surface area contributed by atoms with E-state index >= 15 is 0 Å². The summed E-state index contributed by atoms with van der Waals surface area (Å²) in [5, 5.41) is 26.2. The summed E-state index contributed by atoms with van der Waals surface area (Å²) < 4.78 is 0. The van der Waals surface area contributed by atoms with Crippen molar-refractivity contribution < 1.29 is 29.4 Å². The second-order valence-electron chi connectivity index (χ2n) is 8.54. The fourth-order valence-electron chi connectivity index (χ4n) is 3.03. The second-order valence-corrected chi connectivity index (χ2v) is 8.54.